The minimum atomic E-state index is -4.02. The van der Waals surface area contributed by atoms with Crippen LogP contribution in [-0.4, -0.2) is 61.5 Å². The average Bonchev–Trinajstić information content (AvgIpc) is 2.77. The van der Waals surface area contributed by atoms with Crippen LogP contribution in [0.25, 0.3) is 0 Å². The van der Waals surface area contributed by atoms with Crippen LogP contribution in [0.15, 0.2) is 53.4 Å². The number of nitro groups is 1. The number of nitrogens with one attached hydrogen (secondary N) is 2. The molecule has 2 aromatic rings. The Balaban J connectivity index is 1.62. The molecule has 1 amide bonds. The molecule has 2 aromatic carbocycles. The second-order valence-electron chi connectivity index (χ2n) is 9.09. The van der Waals surface area contributed by atoms with Crippen LogP contribution < -0.4 is 10.0 Å². The van der Waals surface area contributed by atoms with Crippen molar-refractivity contribution in [2.45, 2.75) is 50.3 Å². The van der Waals surface area contributed by atoms with Crippen LogP contribution in [0, 0.1) is 10.1 Å². The van der Waals surface area contributed by atoms with Gasteiger partial charge in [-0.25, -0.2) is 8.42 Å². The van der Waals surface area contributed by atoms with E-state index in [0.717, 1.165) is 19.2 Å². The summed E-state index contributed by atoms with van der Waals surface area (Å²) in [5, 5.41) is 13.9. The van der Waals surface area contributed by atoms with Gasteiger partial charge in [0, 0.05) is 48.6 Å². The fourth-order valence-corrected chi connectivity index (χ4v) is 4.95. The van der Waals surface area contributed by atoms with E-state index in [-0.39, 0.29) is 39.9 Å². The Kier molecular flexibility index (Phi) is 7.59. The zero-order valence-electron chi connectivity index (χ0n) is 19.6. The number of carbonyl (C=O) groups excluding carboxylic acids is 1. The third kappa shape index (κ3) is 6.31. The summed E-state index contributed by atoms with van der Waals surface area (Å²) in [4.78, 5) is 25.0. The summed E-state index contributed by atoms with van der Waals surface area (Å²) in [5.74, 6) is -0.268. The zero-order chi connectivity index (χ0) is 25.1. The number of ether oxygens (including phenoxy) is 1. The third-order valence-electron chi connectivity index (χ3n) is 5.70. The van der Waals surface area contributed by atoms with Crippen molar-refractivity contribution in [1.82, 2.24) is 10.2 Å². The monoisotopic (exact) mass is 490 g/mol. The number of carbonyl (C=O) groups is 1. The van der Waals surface area contributed by atoms with E-state index in [9.17, 15) is 23.3 Å². The molecule has 0 aromatic heterocycles. The predicted octanol–water partition coefficient (Wildman–Crippen LogP) is 3.01. The number of anilines is 1. The van der Waals surface area contributed by atoms with Crippen LogP contribution in [0.3, 0.4) is 0 Å². The van der Waals surface area contributed by atoms with E-state index < -0.39 is 14.9 Å². The summed E-state index contributed by atoms with van der Waals surface area (Å²) in [6, 6.07) is 10.8. The lowest BCUT2D eigenvalue weighted by Gasteiger charge is -2.45. The topological polar surface area (TPSA) is 131 Å². The van der Waals surface area contributed by atoms with Gasteiger partial charge in [-0.1, -0.05) is 6.07 Å². The lowest BCUT2D eigenvalue weighted by molar-refractivity contribution is -0.385. The highest BCUT2D eigenvalue weighted by Gasteiger charge is 2.33. The molecular formula is C23H30N4O6S. The van der Waals surface area contributed by atoms with Crippen LogP contribution in [0.2, 0.25) is 0 Å². The van der Waals surface area contributed by atoms with Gasteiger partial charge in [-0.3, -0.25) is 24.5 Å². The number of benzene rings is 2. The molecule has 2 unspecified atom stereocenters. The summed E-state index contributed by atoms with van der Waals surface area (Å²) < 4.78 is 33.3. The van der Waals surface area contributed by atoms with Gasteiger partial charge in [0.15, 0.2) is 0 Å². The Morgan fingerprint density at radius 2 is 1.76 bits per heavy atom. The molecule has 1 fully saturated rings. The Labute approximate surface area is 199 Å². The van der Waals surface area contributed by atoms with Gasteiger partial charge in [0.2, 0.25) is 0 Å². The Morgan fingerprint density at radius 1 is 1.15 bits per heavy atom. The molecule has 3 rings (SSSR count). The molecule has 1 saturated heterocycles. The number of hydrogen-bond acceptors (Lipinski definition) is 7. The second-order valence-corrected chi connectivity index (χ2v) is 10.8. The van der Waals surface area contributed by atoms with Crippen molar-refractivity contribution in [2.24, 2.45) is 0 Å². The predicted molar refractivity (Wildman–Crippen MR) is 128 cm³/mol. The fraction of sp³-hybridized carbons (Fsp3) is 0.435. The lowest BCUT2D eigenvalue weighted by atomic mass is 10.00. The van der Waals surface area contributed by atoms with Crippen molar-refractivity contribution in [3.05, 3.63) is 64.2 Å². The largest absolute Gasteiger partial charge is 0.373 e. The van der Waals surface area contributed by atoms with Crippen molar-refractivity contribution in [1.29, 1.82) is 0 Å². The van der Waals surface area contributed by atoms with Crippen molar-refractivity contribution in [3.63, 3.8) is 0 Å². The minimum Gasteiger partial charge on any atom is -0.373 e. The molecule has 1 aliphatic heterocycles. The van der Waals surface area contributed by atoms with Crippen molar-refractivity contribution in [3.8, 4) is 0 Å². The summed E-state index contributed by atoms with van der Waals surface area (Å²) in [6.45, 7) is 10.2. The Bertz CT molecular complexity index is 1140. The molecule has 0 bridgehead atoms. The third-order valence-corrected chi connectivity index (χ3v) is 7.07. The molecular weight excluding hydrogens is 460 g/mol. The van der Waals surface area contributed by atoms with Gasteiger partial charge >= 0.3 is 0 Å². The molecule has 1 heterocycles. The normalized spacial score (nSPS) is 19.4. The van der Waals surface area contributed by atoms with E-state index in [1.165, 1.54) is 42.5 Å². The quantitative estimate of drug-likeness (QED) is 0.430. The maximum atomic E-state index is 12.7. The van der Waals surface area contributed by atoms with Crippen molar-refractivity contribution < 1.29 is 22.9 Å². The first-order valence-electron chi connectivity index (χ1n) is 10.9. The molecule has 2 N–H and O–H groups in total. The number of nitro benzene ring substituents is 1. The van der Waals surface area contributed by atoms with E-state index in [2.05, 4.69) is 28.8 Å². The minimum absolute atomic E-state index is 0.122. The second kappa shape index (κ2) is 10.1. The van der Waals surface area contributed by atoms with Crippen LogP contribution in [0.4, 0.5) is 11.4 Å². The van der Waals surface area contributed by atoms with Crippen molar-refractivity contribution >= 4 is 27.3 Å². The summed E-state index contributed by atoms with van der Waals surface area (Å²) in [5.41, 5.74) is 0.0341. The zero-order valence-corrected chi connectivity index (χ0v) is 20.5. The standard InChI is InChI=1S/C23H30N4O6S/c1-16-13-26(14-17(2)33-16)23(3,4)15-24-22(28)18-8-10-19(11-9-18)25-34(31,32)21-7-5-6-20(12-21)27(29)30/h5-12,16-17,25H,13-15H2,1-4H3,(H,24,28). The number of rotatable bonds is 8. The first-order valence-corrected chi connectivity index (χ1v) is 12.4. The Hall–Kier alpha value is -3.02. The number of nitrogens with zero attached hydrogens (tertiary/aromatic N) is 2. The van der Waals surface area contributed by atoms with Gasteiger partial charge in [0.05, 0.1) is 22.0 Å². The Morgan fingerprint density at radius 3 is 2.35 bits per heavy atom. The molecule has 10 nitrogen and oxygen atoms in total. The van der Waals surface area contributed by atoms with Crippen molar-refractivity contribution in [2.75, 3.05) is 24.4 Å². The SMILES string of the molecule is CC1CN(C(C)(C)CNC(=O)c2ccc(NS(=O)(=O)c3cccc([N+](=O)[O-])c3)cc2)CC(C)O1. The molecule has 0 radical (unpaired) electrons. The van der Waals surface area contributed by atoms with E-state index in [1.54, 1.807) is 0 Å². The van der Waals surface area contributed by atoms with E-state index in [0.29, 0.717) is 12.1 Å². The summed E-state index contributed by atoms with van der Waals surface area (Å²) in [6.07, 6.45) is 0.245. The first-order chi connectivity index (χ1) is 15.9. The van der Waals surface area contributed by atoms with Gasteiger partial charge < -0.3 is 10.1 Å². The molecule has 0 aliphatic carbocycles. The van der Waals surface area contributed by atoms with Gasteiger partial charge in [-0.15, -0.1) is 0 Å². The van der Waals surface area contributed by atoms with Gasteiger partial charge in [-0.2, -0.15) is 0 Å². The molecule has 184 valence electrons. The lowest BCUT2D eigenvalue weighted by Crippen LogP contribution is -2.58. The molecule has 34 heavy (non-hydrogen) atoms. The highest BCUT2D eigenvalue weighted by molar-refractivity contribution is 7.92. The number of amides is 1. The van der Waals surface area contributed by atoms with E-state index >= 15 is 0 Å². The van der Waals surface area contributed by atoms with E-state index in [4.69, 9.17) is 4.74 Å². The van der Waals surface area contributed by atoms with E-state index in [1.807, 2.05) is 13.8 Å². The molecule has 1 aliphatic rings. The van der Waals surface area contributed by atoms with Gasteiger partial charge in [0.25, 0.3) is 21.6 Å². The smallest absolute Gasteiger partial charge is 0.270 e. The number of non-ortho nitro benzene ring substituents is 1. The highest BCUT2D eigenvalue weighted by atomic mass is 32.2. The molecule has 11 heteroatoms. The molecule has 0 saturated carbocycles. The average molecular weight is 491 g/mol. The maximum absolute atomic E-state index is 12.7. The summed E-state index contributed by atoms with van der Waals surface area (Å²) in [7, 11) is -4.02. The number of morpholine rings is 1. The van der Waals surface area contributed by atoms with Gasteiger partial charge in [-0.05, 0) is 58.0 Å². The first kappa shape index (κ1) is 25.6. The van der Waals surface area contributed by atoms with Crippen LogP contribution in [-0.2, 0) is 14.8 Å². The van der Waals surface area contributed by atoms with Gasteiger partial charge in [0.1, 0.15) is 0 Å². The highest BCUT2D eigenvalue weighted by Crippen LogP contribution is 2.22. The fourth-order valence-electron chi connectivity index (χ4n) is 3.85. The number of hydrogen-bond donors (Lipinski definition) is 2. The summed E-state index contributed by atoms with van der Waals surface area (Å²) >= 11 is 0. The molecule has 0 spiro atoms. The number of sulfonamides is 1. The van der Waals surface area contributed by atoms with Crippen LogP contribution >= 0.6 is 0 Å². The molecule has 2 atom stereocenters. The van der Waals surface area contributed by atoms with Crippen LogP contribution in [0.1, 0.15) is 38.1 Å². The maximum Gasteiger partial charge on any atom is 0.270 e. The van der Waals surface area contributed by atoms with Crippen LogP contribution in [0.5, 0.6) is 0 Å².